The van der Waals surface area contributed by atoms with E-state index in [1.165, 1.54) is 30.4 Å². The largest absolute Gasteiger partial charge is 0.355 e. The number of fused-ring (bicyclic) bond motifs is 1. The zero-order valence-corrected chi connectivity index (χ0v) is 11.0. The first-order chi connectivity index (χ1) is 8.75. The van der Waals surface area contributed by atoms with E-state index in [0.29, 0.717) is 17.8 Å². The number of carbonyl (C=O) groups is 1. The first kappa shape index (κ1) is 11.8. The molecule has 1 fully saturated rings. The van der Waals surface area contributed by atoms with Crippen LogP contribution in [0.1, 0.15) is 43.2 Å². The Hall–Kier alpha value is -1.31. The van der Waals surface area contributed by atoms with Gasteiger partial charge in [0.25, 0.3) is 0 Å². The Morgan fingerprint density at radius 1 is 1.39 bits per heavy atom. The van der Waals surface area contributed by atoms with E-state index in [9.17, 15) is 4.79 Å². The molecule has 2 heteroatoms. The van der Waals surface area contributed by atoms with Gasteiger partial charge in [0.15, 0.2) is 0 Å². The van der Waals surface area contributed by atoms with Crippen molar-refractivity contribution in [3.05, 3.63) is 35.4 Å². The van der Waals surface area contributed by atoms with E-state index in [1.807, 2.05) is 0 Å². The van der Waals surface area contributed by atoms with E-state index in [0.717, 1.165) is 13.0 Å². The molecule has 18 heavy (non-hydrogen) atoms. The third kappa shape index (κ3) is 2.29. The van der Waals surface area contributed by atoms with Crippen molar-refractivity contribution in [1.29, 1.82) is 0 Å². The molecular weight excluding hydrogens is 222 g/mol. The van der Waals surface area contributed by atoms with Crippen molar-refractivity contribution in [2.24, 2.45) is 11.8 Å². The fourth-order valence-electron chi connectivity index (χ4n) is 3.11. The molecule has 0 spiro atoms. The van der Waals surface area contributed by atoms with E-state index in [1.54, 1.807) is 0 Å². The number of benzene rings is 1. The maximum Gasteiger partial charge on any atom is 0.223 e. The van der Waals surface area contributed by atoms with Gasteiger partial charge in [-0.1, -0.05) is 31.2 Å². The molecule has 1 aromatic carbocycles. The molecule has 0 radical (unpaired) electrons. The van der Waals surface area contributed by atoms with Crippen molar-refractivity contribution < 1.29 is 4.79 Å². The van der Waals surface area contributed by atoms with E-state index in [4.69, 9.17) is 0 Å². The average molecular weight is 243 g/mol. The van der Waals surface area contributed by atoms with Gasteiger partial charge in [0.1, 0.15) is 0 Å². The van der Waals surface area contributed by atoms with E-state index < -0.39 is 0 Å². The second kappa shape index (κ2) is 4.75. The third-order valence-electron chi connectivity index (χ3n) is 4.46. The highest BCUT2D eigenvalue weighted by Gasteiger charge is 2.39. The van der Waals surface area contributed by atoms with Crippen LogP contribution < -0.4 is 5.32 Å². The monoisotopic (exact) mass is 243 g/mol. The summed E-state index contributed by atoms with van der Waals surface area (Å²) in [7, 11) is 0. The Balaban J connectivity index is 1.62. The predicted octanol–water partition coefficient (Wildman–Crippen LogP) is 2.88. The summed E-state index contributed by atoms with van der Waals surface area (Å²) in [4.78, 5) is 11.9. The first-order valence-electron chi connectivity index (χ1n) is 7.11. The molecule has 96 valence electrons. The molecule has 3 rings (SSSR count). The average Bonchev–Trinajstić information content (AvgIpc) is 3.13. The van der Waals surface area contributed by atoms with Crippen LogP contribution in [0.4, 0.5) is 0 Å². The quantitative estimate of drug-likeness (QED) is 0.869. The number of nitrogens with one attached hydrogen (secondary N) is 1. The molecule has 0 heterocycles. The van der Waals surface area contributed by atoms with Crippen LogP contribution in [0, 0.1) is 11.8 Å². The molecule has 1 N–H and O–H groups in total. The Morgan fingerprint density at radius 2 is 2.17 bits per heavy atom. The Labute approximate surface area is 109 Å². The minimum atomic E-state index is 0.269. The molecule has 1 saturated carbocycles. The SMILES string of the molecule is C[C@@H]1C[C@@H]1C(=O)NC[C@@H]1CCCc2ccccc21. The summed E-state index contributed by atoms with van der Waals surface area (Å²) in [6.45, 7) is 2.97. The fourth-order valence-corrected chi connectivity index (χ4v) is 3.11. The van der Waals surface area contributed by atoms with Crippen molar-refractivity contribution in [3.8, 4) is 0 Å². The molecule has 0 aliphatic heterocycles. The van der Waals surface area contributed by atoms with Gasteiger partial charge in [-0.25, -0.2) is 0 Å². The minimum Gasteiger partial charge on any atom is -0.355 e. The van der Waals surface area contributed by atoms with E-state index >= 15 is 0 Å². The normalized spacial score (nSPS) is 29.5. The van der Waals surface area contributed by atoms with Crippen LogP contribution in [0.2, 0.25) is 0 Å². The molecule has 3 atom stereocenters. The number of carbonyl (C=O) groups excluding carboxylic acids is 1. The molecule has 2 nitrogen and oxygen atoms in total. The van der Waals surface area contributed by atoms with Crippen LogP contribution in [0.15, 0.2) is 24.3 Å². The highest BCUT2D eigenvalue weighted by atomic mass is 16.2. The van der Waals surface area contributed by atoms with Crippen molar-refractivity contribution in [2.45, 2.75) is 38.5 Å². The highest BCUT2D eigenvalue weighted by Crippen LogP contribution is 2.38. The van der Waals surface area contributed by atoms with Crippen molar-refractivity contribution in [2.75, 3.05) is 6.54 Å². The van der Waals surface area contributed by atoms with Crippen LogP contribution in [0.5, 0.6) is 0 Å². The van der Waals surface area contributed by atoms with Gasteiger partial charge < -0.3 is 5.32 Å². The standard InChI is InChI=1S/C16H21NO/c1-11-9-15(11)16(18)17-10-13-7-4-6-12-5-2-3-8-14(12)13/h2-3,5,8,11,13,15H,4,6-7,9-10H2,1H3,(H,17,18)/t11-,13+,15+/m1/s1. The topological polar surface area (TPSA) is 29.1 Å². The lowest BCUT2D eigenvalue weighted by molar-refractivity contribution is -0.122. The van der Waals surface area contributed by atoms with Gasteiger partial charge in [0, 0.05) is 18.4 Å². The van der Waals surface area contributed by atoms with Crippen LogP contribution in [0.25, 0.3) is 0 Å². The zero-order chi connectivity index (χ0) is 12.5. The summed E-state index contributed by atoms with van der Waals surface area (Å²) in [6.07, 6.45) is 4.72. The lowest BCUT2D eigenvalue weighted by Crippen LogP contribution is -2.31. The van der Waals surface area contributed by atoms with Crippen LogP contribution in [-0.2, 0) is 11.2 Å². The lowest BCUT2D eigenvalue weighted by Gasteiger charge is -2.25. The van der Waals surface area contributed by atoms with Gasteiger partial charge in [-0.15, -0.1) is 0 Å². The minimum absolute atomic E-state index is 0.269. The maximum absolute atomic E-state index is 11.9. The molecule has 2 aliphatic rings. The van der Waals surface area contributed by atoms with Crippen LogP contribution >= 0.6 is 0 Å². The number of hydrogen-bond donors (Lipinski definition) is 1. The van der Waals surface area contributed by atoms with Gasteiger partial charge in [-0.3, -0.25) is 4.79 Å². The van der Waals surface area contributed by atoms with Gasteiger partial charge in [-0.2, -0.15) is 0 Å². The van der Waals surface area contributed by atoms with Gasteiger partial charge in [-0.05, 0) is 42.7 Å². The van der Waals surface area contributed by atoms with Crippen molar-refractivity contribution in [1.82, 2.24) is 5.32 Å². The smallest absolute Gasteiger partial charge is 0.223 e. The van der Waals surface area contributed by atoms with Crippen LogP contribution in [-0.4, -0.2) is 12.5 Å². The van der Waals surface area contributed by atoms with Crippen molar-refractivity contribution >= 4 is 5.91 Å². The van der Waals surface area contributed by atoms with Gasteiger partial charge in [0.05, 0.1) is 0 Å². The number of aryl methyl sites for hydroxylation is 1. The molecule has 2 aliphatic carbocycles. The molecular formula is C16H21NO. The number of rotatable bonds is 3. The second-order valence-corrected chi connectivity index (χ2v) is 5.85. The summed E-state index contributed by atoms with van der Waals surface area (Å²) >= 11 is 0. The molecule has 0 saturated heterocycles. The Bertz CT molecular complexity index is 454. The lowest BCUT2D eigenvalue weighted by atomic mass is 9.83. The van der Waals surface area contributed by atoms with Crippen molar-refractivity contribution in [3.63, 3.8) is 0 Å². The summed E-state index contributed by atoms with van der Waals surface area (Å²) in [5.41, 5.74) is 2.93. The summed E-state index contributed by atoms with van der Waals surface area (Å²) in [5, 5.41) is 3.15. The van der Waals surface area contributed by atoms with Crippen LogP contribution in [0.3, 0.4) is 0 Å². The van der Waals surface area contributed by atoms with E-state index in [-0.39, 0.29) is 5.91 Å². The summed E-state index contributed by atoms with van der Waals surface area (Å²) in [6, 6.07) is 8.69. The summed E-state index contributed by atoms with van der Waals surface area (Å²) < 4.78 is 0. The predicted molar refractivity (Wildman–Crippen MR) is 72.4 cm³/mol. The van der Waals surface area contributed by atoms with Gasteiger partial charge in [0.2, 0.25) is 5.91 Å². The molecule has 0 aromatic heterocycles. The maximum atomic E-state index is 11.9. The molecule has 1 amide bonds. The van der Waals surface area contributed by atoms with E-state index in [2.05, 4.69) is 36.5 Å². The zero-order valence-electron chi connectivity index (χ0n) is 11.0. The molecule has 0 unspecified atom stereocenters. The molecule has 0 bridgehead atoms. The Morgan fingerprint density at radius 3 is 2.94 bits per heavy atom. The highest BCUT2D eigenvalue weighted by molar-refractivity contribution is 5.81. The second-order valence-electron chi connectivity index (χ2n) is 5.85. The number of amides is 1. The third-order valence-corrected chi connectivity index (χ3v) is 4.46. The molecule has 1 aromatic rings. The fraction of sp³-hybridized carbons (Fsp3) is 0.562. The number of hydrogen-bond acceptors (Lipinski definition) is 1. The Kier molecular flexibility index (Phi) is 3.11. The summed E-state index contributed by atoms with van der Waals surface area (Å²) in [5.74, 6) is 1.69. The van der Waals surface area contributed by atoms with Gasteiger partial charge >= 0.3 is 0 Å². The first-order valence-corrected chi connectivity index (χ1v) is 7.11.